The van der Waals surface area contributed by atoms with Crippen LogP contribution in [0.5, 0.6) is 0 Å². The number of nitrogens with zero attached hydrogens (tertiary/aromatic N) is 3. The van der Waals surface area contributed by atoms with E-state index in [4.69, 9.17) is 0 Å². The molecule has 0 radical (unpaired) electrons. The van der Waals surface area contributed by atoms with Crippen LogP contribution in [-0.2, 0) is 4.79 Å². The topological polar surface area (TPSA) is 97.5 Å². The molecule has 0 aliphatic heterocycles. The third kappa shape index (κ3) is 4.44. The first-order valence-corrected chi connectivity index (χ1v) is 9.39. The van der Waals surface area contributed by atoms with Crippen LogP contribution in [0.25, 0.3) is 10.2 Å². The number of hydrazone groups is 1. The summed E-state index contributed by atoms with van der Waals surface area (Å²) in [6, 6.07) is 13.8. The first kappa shape index (κ1) is 18.0. The minimum absolute atomic E-state index is 0.0119. The van der Waals surface area contributed by atoms with Gasteiger partial charge in [-0.3, -0.25) is 14.9 Å². The molecule has 0 saturated carbocycles. The number of hydrogen-bond donors (Lipinski definition) is 1. The fraction of sp³-hybridized carbons (Fsp3) is 0.118. The molecule has 1 heterocycles. The number of rotatable bonds is 6. The average molecular weight is 386 g/mol. The Bertz CT molecular complexity index is 950. The van der Waals surface area contributed by atoms with Crippen molar-refractivity contribution in [2.75, 3.05) is 5.75 Å². The summed E-state index contributed by atoms with van der Waals surface area (Å²) in [5.41, 5.74) is 4.70. The maximum absolute atomic E-state index is 12.0. The number of thioether (sulfide) groups is 1. The van der Waals surface area contributed by atoms with E-state index in [0.29, 0.717) is 11.3 Å². The highest BCUT2D eigenvalue weighted by molar-refractivity contribution is 8.01. The van der Waals surface area contributed by atoms with Crippen LogP contribution in [0, 0.1) is 10.1 Å². The van der Waals surface area contributed by atoms with Crippen molar-refractivity contribution in [3.05, 3.63) is 64.2 Å². The molecule has 0 aliphatic rings. The molecule has 3 rings (SSSR count). The normalized spacial score (nSPS) is 11.5. The van der Waals surface area contributed by atoms with E-state index in [0.717, 1.165) is 14.6 Å². The fourth-order valence-corrected chi connectivity index (χ4v) is 3.97. The number of fused-ring (bicyclic) bond motifs is 1. The van der Waals surface area contributed by atoms with E-state index >= 15 is 0 Å². The lowest BCUT2D eigenvalue weighted by Crippen LogP contribution is -2.21. The number of nitrogens with one attached hydrogen (secondary N) is 1. The first-order valence-electron chi connectivity index (χ1n) is 7.59. The van der Waals surface area contributed by atoms with Gasteiger partial charge in [-0.25, -0.2) is 10.4 Å². The van der Waals surface area contributed by atoms with Gasteiger partial charge in [0.2, 0.25) is 0 Å². The molecule has 3 aromatic rings. The second kappa shape index (κ2) is 8.07. The Morgan fingerprint density at radius 1 is 1.27 bits per heavy atom. The summed E-state index contributed by atoms with van der Waals surface area (Å²) in [6.07, 6.45) is 0. The molecule has 0 unspecified atom stereocenters. The van der Waals surface area contributed by atoms with Crippen molar-refractivity contribution in [1.29, 1.82) is 0 Å². The Morgan fingerprint density at radius 2 is 2.00 bits per heavy atom. The van der Waals surface area contributed by atoms with Gasteiger partial charge in [0.15, 0.2) is 4.34 Å². The molecule has 0 aliphatic carbocycles. The predicted molar refractivity (Wildman–Crippen MR) is 104 cm³/mol. The molecular formula is C17H14N4O3S2. The Hall–Kier alpha value is -2.78. The lowest BCUT2D eigenvalue weighted by atomic mass is 10.1. The standard InChI is InChI=1S/C17H14N4O3S2/c1-11(12-6-8-13(9-7-12)21(23)24)19-20-16(22)10-25-17-18-14-4-2-3-5-15(14)26-17/h2-9H,10H2,1H3,(H,20,22)/b19-11+. The number of non-ortho nitro benzene ring substituents is 1. The predicted octanol–water partition coefficient (Wildman–Crippen LogP) is 3.84. The largest absolute Gasteiger partial charge is 0.272 e. The Balaban J connectivity index is 1.55. The van der Waals surface area contributed by atoms with Crippen molar-refractivity contribution in [3.8, 4) is 0 Å². The number of para-hydroxylation sites is 1. The fourth-order valence-electron chi connectivity index (χ4n) is 2.11. The molecule has 1 N–H and O–H groups in total. The zero-order valence-electron chi connectivity index (χ0n) is 13.7. The highest BCUT2D eigenvalue weighted by Crippen LogP contribution is 2.29. The maximum atomic E-state index is 12.0. The van der Waals surface area contributed by atoms with Crippen LogP contribution >= 0.6 is 23.1 Å². The van der Waals surface area contributed by atoms with E-state index < -0.39 is 4.92 Å². The van der Waals surface area contributed by atoms with Gasteiger partial charge in [-0.15, -0.1) is 11.3 Å². The summed E-state index contributed by atoms with van der Waals surface area (Å²) in [5.74, 6) is -0.0350. The maximum Gasteiger partial charge on any atom is 0.269 e. The zero-order valence-corrected chi connectivity index (χ0v) is 15.3. The zero-order chi connectivity index (χ0) is 18.5. The van der Waals surface area contributed by atoms with E-state index in [9.17, 15) is 14.9 Å². The number of hydrogen-bond acceptors (Lipinski definition) is 7. The van der Waals surface area contributed by atoms with Crippen LogP contribution in [0.4, 0.5) is 5.69 Å². The summed E-state index contributed by atoms with van der Waals surface area (Å²) in [6.45, 7) is 1.72. The third-order valence-corrected chi connectivity index (χ3v) is 5.62. The van der Waals surface area contributed by atoms with Crippen LogP contribution in [-0.4, -0.2) is 27.3 Å². The van der Waals surface area contributed by atoms with Gasteiger partial charge in [0.25, 0.3) is 11.6 Å². The van der Waals surface area contributed by atoms with Gasteiger partial charge in [0.05, 0.1) is 26.6 Å². The summed E-state index contributed by atoms with van der Waals surface area (Å²) < 4.78 is 1.92. The van der Waals surface area contributed by atoms with Crippen molar-refractivity contribution in [2.45, 2.75) is 11.3 Å². The summed E-state index contributed by atoms with van der Waals surface area (Å²) in [7, 11) is 0. The summed E-state index contributed by atoms with van der Waals surface area (Å²) >= 11 is 2.90. The van der Waals surface area contributed by atoms with Gasteiger partial charge >= 0.3 is 0 Å². The molecule has 0 bridgehead atoms. The number of nitro groups is 1. The number of aromatic nitrogens is 1. The first-order chi connectivity index (χ1) is 12.5. The monoisotopic (exact) mass is 386 g/mol. The molecule has 9 heteroatoms. The molecule has 132 valence electrons. The summed E-state index contributed by atoms with van der Waals surface area (Å²) in [5, 5.41) is 14.7. The quantitative estimate of drug-likeness (QED) is 0.300. The van der Waals surface area contributed by atoms with Gasteiger partial charge in [0.1, 0.15) is 0 Å². The van der Waals surface area contributed by atoms with Crippen molar-refractivity contribution in [1.82, 2.24) is 10.4 Å². The van der Waals surface area contributed by atoms with E-state index in [1.807, 2.05) is 24.3 Å². The van der Waals surface area contributed by atoms with Crippen molar-refractivity contribution < 1.29 is 9.72 Å². The number of benzene rings is 2. The van der Waals surface area contributed by atoms with Gasteiger partial charge in [-0.2, -0.15) is 5.10 Å². The van der Waals surface area contributed by atoms with E-state index in [-0.39, 0.29) is 17.3 Å². The Labute approximate surface area is 157 Å². The summed E-state index contributed by atoms with van der Waals surface area (Å²) in [4.78, 5) is 26.6. The molecule has 7 nitrogen and oxygen atoms in total. The van der Waals surface area contributed by atoms with E-state index in [1.54, 1.807) is 30.4 Å². The number of carbonyl (C=O) groups is 1. The van der Waals surface area contributed by atoms with Crippen LogP contribution < -0.4 is 5.43 Å². The van der Waals surface area contributed by atoms with E-state index in [2.05, 4.69) is 15.5 Å². The van der Waals surface area contributed by atoms with Gasteiger partial charge in [0, 0.05) is 12.1 Å². The second-order valence-electron chi connectivity index (χ2n) is 5.27. The van der Waals surface area contributed by atoms with Crippen molar-refractivity contribution in [3.63, 3.8) is 0 Å². The minimum Gasteiger partial charge on any atom is -0.272 e. The van der Waals surface area contributed by atoms with Crippen LogP contribution in [0.15, 0.2) is 58.0 Å². The molecule has 2 aromatic carbocycles. The Morgan fingerprint density at radius 3 is 2.69 bits per heavy atom. The molecule has 0 saturated heterocycles. The Kier molecular flexibility index (Phi) is 5.59. The molecule has 1 amide bonds. The van der Waals surface area contributed by atoms with Crippen LogP contribution in [0.2, 0.25) is 0 Å². The lowest BCUT2D eigenvalue weighted by molar-refractivity contribution is -0.384. The number of nitro benzene ring substituents is 1. The number of thiazole rings is 1. The average Bonchev–Trinajstić information content (AvgIpc) is 3.07. The number of carbonyl (C=O) groups excluding carboxylic acids is 1. The van der Waals surface area contributed by atoms with Gasteiger partial charge in [-0.05, 0) is 36.8 Å². The van der Waals surface area contributed by atoms with Crippen LogP contribution in [0.3, 0.4) is 0 Å². The van der Waals surface area contributed by atoms with Gasteiger partial charge in [-0.1, -0.05) is 23.9 Å². The molecule has 0 atom stereocenters. The van der Waals surface area contributed by atoms with Crippen molar-refractivity contribution in [2.24, 2.45) is 5.10 Å². The highest BCUT2D eigenvalue weighted by Gasteiger charge is 2.08. The smallest absolute Gasteiger partial charge is 0.269 e. The third-order valence-electron chi connectivity index (χ3n) is 3.45. The van der Waals surface area contributed by atoms with E-state index in [1.165, 1.54) is 23.9 Å². The number of amides is 1. The van der Waals surface area contributed by atoms with Crippen LogP contribution in [0.1, 0.15) is 12.5 Å². The molecule has 1 aromatic heterocycles. The molecule has 0 fully saturated rings. The second-order valence-corrected chi connectivity index (χ2v) is 7.53. The molecule has 26 heavy (non-hydrogen) atoms. The SMILES string of the molecule is C/C(=N\NC(=O)CSc1nc2ccccc2s1)c1ccc([N+](=O)[O-])cc1. The van der Waals surface area contributed by atoms with Gasteiger partial charge < -0.3 is 0 Å². The lowest BCUT2D eigenvalue weighted by Gasteiger charge is -2.02. The highest BCUT2D eigenvalue weighted by atomic mass is 32.2. The minimum atomic E-state index is -0.461. The molecule has 0 spiro atoms. The van der Waals surface area contributed by atoms with Crippen molar-refractivity contribution >= 4 is 50.6 Å². The molecular weight excluding hydrogens is 372 g/mol.